The maximum atomic E-state index is 12.9. The topological polar surface area (TPSA) is 256 Å². The second-order valence-corrected chi connectivity index (χ2v) is 15.7. The number of nitrogens with zero attached hydrogens (tertiary/aromatic N) is 5. The summed E-state index contributed by atoms with van der Waals surface area (Å²) in [5.41, 5.74) is 2.76. The highest BCUT2D eigenvalue weighted by molar-refractivity contribution is 5.85. The lowest BCUT2D eigenvalue weighted by molar-refractivity contribution is -0.192. The minimum absolute atomic E-state index is 0.0957. The van der Waals surface area contributed by atoms with Gasteiger partial charge in [-0.3, -0.25) is 4.79 Å². The van der Waals surface area contributed by atoms with Gasteiger partial charge in [-0.15, -0.1) is 0 Å². The summed E-state index contributed by atoms with van der Waals surface area (Å²) in [7, 11) is 6.38. The predicted octanol–water partition coefficient (Wildman–Crippen LogP) is 2.54. The van der Waals surface area contributed by atoms with Crippen molar-refractivity contribution in [2.75, 3.05) is 71.4 Å². The maximum absolute atomic E-state index is 12.9. The van der Waals surface area contributed by atoms with E-state index in [1.807, 2.05) is 41.3 Å². The van der Waals surface area contributed by atoms with Crippen molar-refractivity contribution >= 4 is 40.8 Å². The largest absolute Gasteiger partial charge is 0.493 e. The average molecular weight is 917 g/mol. The van der Waals surface area contributed by atoms with Crippen molar-refractivity contribution in [3.05, 3.63) is 53.9 Å². The average Bonchev–Trinajstić information content (AvgIpc) is 4.12. The summed E-state index contributed by atoms with van der Waals surface area (Å²) >= 11 is 0. The first-order valence-corrected chi connectivity index (χ1v) is 21.0. The van der Waals surface area contributed by atoms with Gasteiger partial charge in [0, 0.05) is 50.6 Å². The first kappa shape index (κ1) is 48.1. The first-order chi connectivity index (χ1) is 31.1. The SMILES string of the molecule is CCC(=O)N[C@H]1C[C@@H](n2cnc3c(NCC(c4ccc(OC)c(OC)c4)c4ccc(OC)c(OC)c4)nc(N4CC[C@@H](NC(=O)N[C@@H]5CCNC5)C4)nc32)[C@H](O)[C@@H]1O.O=C(O)C(F)(F)F. The summed E-state index contributed by atoms with van der Waals surface area (Å²) in [5, 5.41) is 45.3. The molecule has 8 N–H and O–H groups in total. The number of benzene rings is 2. The van der Waals surface area contributed by atoms with Gasteiger partial charge in [0.05, 0.1) is 46.9 Å². The molecule has 0 unspecified atom stereocenters. The molecule has 3 fully saturated rings. The van der Waals surface area contributed by atoms with Gasteiger partial charge in [-0.1, -0.05) is 19.1 Å². The molecular formula is C42H55F3N10O10. The fourth-order valence-corrected chi connectivity index (χ4v) is 8.16. The number of methoxy groups -OCH3 is 4. The quantitative estimate of drug-likeness (QED) is 0.0853. The minimum atomic E-state index is -5.08. The van der Waals surface area contributed by atoms with Gasteiger partial charge in [-0.05, 0) is 61.2 Å². The van der Waals surface area contributed by atoms with E-state index in [0.29, 0.717) is 72.0 Å². The number of anilines is 2. The Hall–Kier alpha value is -6.33. The van der Waals surface area contributed by atoms with E-state index in [1.54, 1.807) is 46.3 Å². The number of carbonyl (C=O) groups excluding carboxylic acids is 2. The third-order valence-electron chi connectivity index (χ3n) is 11.6. The van der Waals surface area contributed by atoms with Crippen molar-refractivity contribution in [3.8, 4) is 23.0 Å². The van der Waals surface area contributed by atoms with Crippen LogP contribution >= 0.6 is 0 Å². The number of ether oxygens (including phenoxy) is 4. The molecule has 1 saturated carbocycles. The van der Waals surface area contributed by atoms with Crippen molar-refractivity contribution in [1.82, 2.24) is 40.8 Å². The monoisotopic (exact) mass is 916 g/mol. The minimum Gasteiger partial charge on any atom is -0.493 e. The number of aromatic nitrogens is 4. The summed E-state index contributed by atoms with van der Waals surface area (Å²) in [4.78, 5) is 50.9. The van der Waals surface area contributed by atoms with Gasteiger partial charge in [0.1, 0.15) is 12.2 Å². The summed E-state index contributed by atoms with van der Waals surface area (Å²) in [6.07, 6.45) is -3.77. The van der Waals surface area contributed by atoms with Crippen molar-refractivity contribution in [2.45, 2.75) is 81.1 Å². The number of fused-ring (bicyclic) bond motifs is 1. The first-order valence-electron chi connectivity index (χ1n) is 21.0. The molecule has 7 rings (SSSR count). The summed E-state index contributed by atoms with van der Waals surface area (Å²) in [6.45, 7) is 4.78. The molecule has 6 atom stereocenters. The number of carboxylic acids is 1. The van der Waals surface area contributed by atoms with Crippen LogP contribution in [-0.2, 0) is 9.59 Å². The molecule has 4 heterocycles. The number of carboxylic acid groups (broad SMARTS) is 1. The third kappa shape index (κ3) is 11.3. The van der Waals surface area contributed by atoms with Crippen LogP contribution in [0.25, 0.3) is 11.2 Å². The highest BCUT2D eigenvalue weighted by atomic mass is 19.4. The van der Waals surface area contributed by atoms with Crippen molar-refractivity contribution in [3.63, 3.8) is 0 Å². The smallest absolute Gasteiger partial charge is 0.490 e. The van der Waals surface area contributed by atoms with Crippen molar-refractivity contribution in [1.29, 1.82) is 0 Å². The van der Waals surface area contributed by atoms with E-state index >= 15 is 0 Å². The van der Waals surface area contributed by atoms with Gasteiger partial charge in [0.25, 0.3) is 0 Å². The second kappa shape index (κ2) is 21.1. The number of alkyl halides is 3. The number of rotatable bonds is 15. The molecule has 2 saturated heterocycles. The van der Waals surface area contributed by atoms with Gasteiger partial charge >= 0.3 is 18.2 Å². The van der Waals surface area contributed by atoms with Crippen LogP contribution in [0.2, 0.25) is 0 Å². The molecule has 23 heteroatoms. The molecule has 0 spiro atoms. The number of aliphatic hydroxyl groups is 2. The number of imidazole rings is 1. The Labute approximate surface area is 372 Å². The van der Waals surface area contributed by atoms with E-state index < -0.39 is 36.4 Å². The molecule has 4 aromatic rings. The summed E-state index contributed by atoms with van der Waals surface area (Å²) < 4.78 is 55.9. The maximum Gasteiger partial charge on any atom is 0.490 e. The van der Waals surface area contributed by atoms with E-state index in [1.165, 1.54) is 0 Å². The normalized spacial score (nSPS) is 21.7. The molecule has 3 aliphatic rings. The lowest BCUT2D eigenvalue weighted by atomic mass is 9.90. The van der Waals surface area contributed by atoms with Gasteiger partial charge < -0.3 is 70.3 Å². The van der Waals surface area contributed by atoms with Gasteiger partial charge in [0.2, 0.25) is 11.9 Å². The molecule has 1 aliphatic carbocycles. The molecule has 0 radical (unpaired) electrons. The molecule has 2 aromatic heterocycles. The number of hydrogen-bond acceptors (Lipinski definition) is 15. The van der Waals surface area contributed by atoms with Crippen LogP contribution < -0.4 is 50.4 Å². The molecule has 20 nitrogen and oxygen atoms in total. The van der Waals surface area contributed by atoms with Crippen LogP contribution in [0.15, 0.2) is 42.7 Å². The molecule has 65 heavy (non-hydrogen) atoms. The molecule has 2 aromatic carbocycles. The number of aliphatic hydroxyl groups excluding tert-OH is 2. The second-order valence-electron chi connectivity index (χ2n) is 15.7. The van der Waals surface area contributed by atoms with Crippen LogP contribution in [0.4, 0.5) is 29.7 Å². The van der Waals surface area contributed by atoms with Gasteiger partial charge in [-0.25, -0.2) is 14.6 Å². The van der Waals surface area contributed by atoms with Crippen LogP contribution in [0.1, 0.15) is 55.7 Å². The van der Waals surface area contributed by atoms with Crippen LogP contribution in [0.5, 0.6) is 23.0 Å². The molecule has 3 amide bonds. The number of urea groups is 1. The Morgan fingerprint density at radius 3 is 2.05 bits per heavy atom. The van der Waals surface area contributed by atoms with E-state index in [2.05, 4.69) is 26.6 Å². The molecule has 0 bridgehead atoms. The number of amides is 3. The van der Waals surface area contributed by atoms with E-state index in [0.717, 1.165) is 30.6 Å². The van der Waals surface area contributed by atoms with Gasteiger partial charge in [-0.2, -0.15) is 23.1 Å². The van der Waals surface area contributed by atoms with Crippen LogP contribution in [-0.4, -0.2) is 150 Å². The summed E-state index contributed by atoms with van der Waals surface area (Å²) in [5.74, 6) is -0.0187. The zero-order valence-corrected chi connectivity index (χ0v) is 36.5. The molecular weight excluding hydrogens is 862 g/mol. The Morgan fingerprint density at radius 2 is 1.49 bits per heavy atom. The predicted molar refractivity (Wildman–Crippen MR) is 230 cm³/mol. The number of hydrogen-bond donors (Lipinski definition) is 8. The van der Waals surface area contributed by atoms with Crippen LogP contribution in [0, 0.1) is 0 Å². The number of halogens is 3. The van der Waals surface area contributed by atoms with E-state index in [4.69, 9.17) is 43.8 Å². The zero-order chi connectivity index (χ0) is 47.0. The molecule has 354 valence electrons. The lowest BCUT2D eigenvalue weighted by Crippen LogP contribution is -2.47. The Bertz CT molecular complexity index is 2240. The van der Waals surface area contributed by atoms with Crippen molar-refractivity contribution < 1.29 is 61.8 Å². The standard InChI is InChI=1S/C40H54N10O8.C2HF3O2/c1-6-33(51)46-27-17-28(36(53)35(27)52)50-21-43-34-37(47-39(48-38(34)50)49-14-12-25(20-49)45-40(54)44-24-11-13-41-18-24)42-19-26(22-7-9-29(55-2)31(15-22)57-4)23-8-10-30(56-3)32(16-23)58-5;3-2(4,5)1(6)7/h7-10,15-16,21,24-28,35-36,41,52-53H,6,11-14,17-20H2,1-5H3,(H,46,51)(H,42,47,48)(H2,44,45,54);(H,6,7)/t24-,25-,27+,28-,35-,36+;/m1./s1. The third-order valence-corrected chi connectivity index (χ3v) is 11.6. The highest BCUT2D eigenvalue weighted by Gasteiger charge is 2.44. The number of carbonyl (C=O) groups is 3. The molecule has 2 aliphatic heterocycles. The zero-order valence-electron chi connectivity index (χ0n) is 36.5. The van der Waals surface area contributed by atoms with Gasteiger partial charge in [0.15, 0.2) is 40.0 Å². The Kier molecular flexibility index (Phi) is 15.6. The van der Waals surface area contributed by atoms with Crippen LogP contribution in [0.3, 0.4) is 0 Å². The Morgan fingerprint density at radius 1 is 0.877 bits per heavy atom. The fourth-order valence-electron chi connectivity index (χ4n) is 8.16. The summed E-state index contributed by atoms with van der Waals surface area (Å²) in [6, 6.07) is 10.1. The van der Waals surface area contributed by atoms with E-state index in [9.17, 15) is 33.0 Å². The number of aliphatic carboxylic acids is 1. The highest BCUT2D eigenvalue weighted by Crippen LogP contribution is 2.39. The Balaban J connectivity index is 0.000000925. The number of nitrogens with one attached hydrogen (secondary N) is 5. The van der Waals surface area contributed by atoms with E-state index in [-0.39, 0.29) is 42.8 Å². The van der Waals surface area contributed by atoms with Crippen molar-refractivity contribution in [2.24, 2.45) is 0 Å². The fraction of sp³-hybridized carbons (Fsp3) is 0.524. The lowest BCUT2D eigenvalue weighted by Gasteiger charge is -2.23.